The zero-order valence-electron chi connectivity index (χ0n) is 32.4. The van der Waals surface area contributed by atoms with Crippen molar-refractivity contribution in [1.29, 1.82) is 0 Å². The molecule has 5 aromatic carbocycles. The molecule has 0 aromatic heterocycles. The van der Waals surface area contributed by atoms with Crippen LogP contribution in [0.5, 0.6) is 0 Å². The molecule has 54 heavy (non-hydrogen) atoms. The van der Waals surface area contributed by atoms with E-state index in [9.17, 15) is 14.4 Å². The molecule has 0 heterocycles. The minimum atomic E-state index is -0.651. The number of ether oxygens (including phenoxy) is 2. The summed E-state index contributed by atoms with van der Waals surface area (Å²) in [6.07, 6.45) is 6.11. The molecular formula is C48H58O5S. The molecule has 5 aromatic rings. The first kappa shape index (κ1) is 45.4. The number of methoxy groups -OCH3 is 1. The smallest absolute Gasteiger partial charge is 0.310 e. The molecule has 0 bridgehead atoms. The van der Waals surface area contributed by atoms with Gasteiger partial charge in [0.05, 0.1) is 6.42 Å². The van der Waals surface area contributed by atoms with Gasteiger partial charge in [0.1, 0.15) is 18.0 Å². The van der Waals surface area contributed by atoms with Crippen LogP contribution in [0.2, 0.25) is 0 Å². The summed E-state index contributed by atoms with van der Waals surface area (Å²) in [4.78, 5) is 34.3. The van der Waals surface area contributed by atoms with Gasteiger partial charge in [0, 0.05) is 31.6 Å². The predicted molar refractivity (Wildman–Crippen MR) is 226 cm³/mol. The van der Waals surface area contributed by atoms with Crippen LogP contribution >= 0.6 is 12.6 Å². The highest BCUT2D eigenvalue weighted by Crippen LogP contribution is 2.19. The third kappa shape index (κ3) is 18.8. The van der Waals surface area contributed by atoms with Crippen LogP contribution < -0.4 is 0 Å². The number of carbonyl (C=O) groups is 3. The molecule has 5 rings (SSSR count). The van der Waals surface area contributed by atoms with Gasteiger partial charge in [0.15, 0.2) is 6.29 Å². The average molecular weight is 747 g/mol. The molecule has 5 nitrogen and oxygen atoms in total. The number of benzene rings is 5. The highest BCUT2D eigenvalue weighted by atomic mass is 32.1. The molecule has 0 saturated carbocycles. The number of hydrogen-bond acceptors (Lipinski definition) is 6. The number of rotatable bonds is 16. The molecule has 0 aliphatic heterocycles. The van der Waals surface area contributed by atoms with Crippen molar-refractivity contribution in [2.24, 2.45) is 5.92 Å². The summed E-state index contributed by atoms with van der Waals surface area (Å²) in [5.74, 6) is 1.28. The van der Waals surface area contributed by atoms with E-state index in [1.165, 1.54) is 11.1 Å². The first-order valence-electron chi connectivity index (χ1n) is 18.8. The molecule has 0 aliphatic carbocycles. The minimum absolute atomic E-state index is 0.194. The number of ketones is 1. The van der Waals surface area contributed by atoms with Gasteiger partial charge in [-0.05, 0) is 53.5 Å². The molecule has 286 valence electrons. The van der Waals surface area contributed by atoms with Gasteiger partial charge < -0.3 is 14.3 Å². The number of esters is 1. The fourth-order valence-electron chi connectivity index (χ4n) is 5.43. The van der Waals surface area contributed by atoms with Gasteiger partial charge in [0.2, 0.25) is 0 Å². The Morgan fingerprint density at radius 1 is 0.648 bits per heavy atom. The first-order chi connectivity index (χ1) is 26.3. The van der Waals surface area contributed by atoms with Crippen LogP contribution in [0, 0.1) is 5.92 Å². The van der Waals surface area contributed by atoms with Crippen LogP contribution in [0.25, 0.3) is 0 Å². The number of Topliss-reactive ketones (excluding diaryl/α,β-unsaturated/α-hetero) is 1. The zero-order chi connectivity index (χ0) is 39.3. The number of thiol groups is 1. The Morgan fingerprint density at radius 3 is 1.48 bits per heavy atom. The largest absolute Gasteiger partial charge is 0.461 e. The molecule has 2 unspecified atom stereocenters. The fraction of sp³-hybridized carbons (Fsp3) is 0.312. The van der Waals surface area contributed by atoms with Crippen molar-refractivity contribution in [2.75, 3.05) is 7.11 Å². The number of carbonyl (C=O) groups excluding carboxylic acids is 3. The second kappa shape index (κ2) is 27.8. The topological polar surface area (TPSA) is 69.7 Å². The lowest BCUT2D eigenvalue weighted by atomic mass is 9.91. The number of hydrogen-bond donors (Lipinski definition) is 1. The van der Waals surface area contributed by atoms with E-state index in [0.717, 1.165) is 54.4 Å². The fourth-order valence-corrected chi connectivity index (χ4v) is 5.64. The van der Waals surface area contributed by atoms with E-state index in [-0.39, 0.29) is 11.9 Å². The third-order valence-electron chi connectivity index (χ3n) is 8.79. The molecule has 2 atom stereocenters. The van der Waals surface area contributed by atoms with Crippen LogP contribution in [0.4, 0.5) is 0 Å². The lowest BCUT2D eigenvalue weighted by Crippen LogP contribution is -2.35. The van der Waals surface area contributed by atoms with Crippen molar-refractivity contribution in [1.82, 2.24) is 0 Å². The monoisotopic (exact) mass is 746 g/mol. The van der Waals surface area contributed by atoms with Crippen molar-refractivity contribution in [3.63, 3.8) is 0 Å². The van der Waals surface area contributed by atoms with Crippen LogP contribution in [0.3, 0.4) is 0 Å². The molecule has 0 saturated heterocycles. The summed E-state index contributed by atoms with van der Waals surface area (Å²) in [6.45, 7) is 6.46. The Labute approximate surface area is 329 Å². The van der Waals surface area contributed by atoms with Gasteiger partial charge in [-0.25, -0.2) is 0 Å². The maximum Gasteiger partial charge on any atom is 0.310 e. The van der Waals surface area contributed by atoms with E-state index in [1.54, 1.807) is 7.11 Å². The van der Waals surface area contributed by atoms with Gasteiger partial charge in [-0.1, -0.05) is 172 Å². The SMILES string of the molecule is CCC(C=O)(Cc1ccccc1)OC.CCCC(=O)C(CC)Cc1ccccc1.O=C(Cc1ccccc1)OCc1ccccc1.SCc1ccccc1. The molecule has 0 radical (unpaired) electrons. The van der Waals surface area contributed by atoms with Crippen molar-refractivity contribution in [3.8, 4) is 0 Å². The molecule has 0 aliphatic rings. The Morgan fingerprint density at radius 2 is 1.09 bits per heavy atom. The number of aldehydes is 1. The van der Waals surface area contributed by atoms with Crippen LogP contribution in [0.1, 0.15) is 74.3 Å². The van der Waals surface area contributed by atoms with Gasteiger partial charge in [-0.15, -0.1) is 0 Å². The van der Waals surface area contributed by atoms with Crippen molar-refractivity contribution in [2.45, 2.75) is 83.7 Å². The van der Waals surface area contributed by atoms with Crippen molar-refractivity contribution >= 4 is 30.7 Å². The maximum atomic E-state index is 11.8. The lowest BCUT2D eigenvalue weighted by Gasteiger charge is -2.24. The van der Waals surface area contributed by atoms with E-state index in [1.807, 2.05) is 134 Å². The minimum Gasteiger partial charge on any atom is -0.461 e. The van der Waals surface area contributed by atoms with Gasteiger partial charge in [0.25, 0.3) is 0 Å². The summed E-state index contributed by atoms with van der Waals surface area (Å²) in [5.41, 5.74) is 5.01. The summed E-state index contributed by atoms with van der Waals surface area (Å²) < 4.78 is 10.5. The Kier molecular flexibility index (Phi) is 23.3. The zero-order valence-corrected chi connectivity index (χ0v) is 33.3. The van der Waals surface area contributed by atoms with Crippen molar-refractivity contribution < 1.29 is 23.9 Å². The maximum absolute atomic E-state index is 11.8. The average Bonchev–Trinajstić information content (AvgIpc) is 3.24. The molecular weight excluding hydrogens is 689 g/mol. The van der Waals surface area contributed by atoms with Gasteiger partial charge in [-0.3, -0.25) is 9.59 Å². The highest BCUT2D eigenvalue weighted by molar-refractivity contribution is 7.79. The Balaban J connectivity index is 0.000000256. The molecule has 0 amide bonds. The highest BCUT2D eigenvalue weighted by Gasteiger charge is 2.27. The summed E-state index contributed by atoms with van der Waals surface area (Å²) in [6, 6.07) is 49.6. The second-order valence-corrected chi connectivity index (χ2v) is 13.2. The summed E-state index contributed by atoms with van der Waals surface area (Å²) >= 11 is 4.11. The van der Waals surface area contributed by atoms with Crippen LogP contribution in [-0.2, 0) is 55.5 Å². The van der Waals surface area contributed by atoms with E-state index < -0.39 is 5.60 Å². The van der Waals surface area contributed by atoms with E-state index in [4.69, 9.17) is 9.47 Å². The third-order valence-corrected chi connectivity index (χ3v) is 9.16. The summed E-state index contributed by atoms with van der Waals surface area (Å²) in [5, 5.41) is 0. The van der Waals surface area contributed by atoms with E-state index >= 15 is 0 Å². The normalized spacial score (nSPS) is 11.7. The van der Waals surface area contributed by atoms with Crippen molar-refractivity contribution in [3.05, 3.63) is 179 Å². The van der Waals surface area contributed by atoms with Crippen LogP contribution in [0.15, 0.2) is 152 Å². The Bertz CT molecular complexity index is 1680. The standard InChI is InChI=1S/C15H14O2.C14H20O.C12H16O2.C7H8S/c16-15(11-13-7-3-1-4-8-13)17-12-14-9-5-2-6-10-14;1-3-8-14(15)13(4-2)11-12-9-6-5-7-10-12;1-3-12(10-13,14-2)9-11-7-5-4-6-8-11;8-6-7-4-2-1-3-5-7/h1-10H,11-12H2;5-7,9-10,13H,3-4,8,11H2,1-2H3;4-8,10H,3,9H2,1-2H3;1-5,8H,6H2. The molecule has 0 spiro atoms. The first-order valence-corrected chi connectivity index (χ1v) is 19.4. The second-order valence-electron chi connectivity index (χ2n) is 12.9. The molecule has 0 N–H and O–H groups in total. The van der Waals surface area contributed by atoms with E-state index in [2.05, 4.69) is 50.7 Å². The van der Waals surface area contributed by atoms with Crippen LogP contribution in [-0.4, -0.2) is 30.7 Å². The molecule has 6 heteroatoms. The quantitative estimate of drug-likeness (QED) is 0.0618. The summed E-state index contributed by atoms with van der Waals surface area (Å²) in [7, 11) is 1.58. The lowest BCUT2D eigenvalue weighted by molar-refractivity contribution is -0.144. The Hall–Kier alpha value is -4.78. The van der Waals surface area contributed by atoms with Gasteiger partial charge in [-0.2, -0.15) is 12.6 Å². The van der Waals surface area contributed by atoms with Gasteiger partial charge >= 0.3 is 5.97 Å². The predicted octanol–water partition coefficient (Wildman–Crippen LogP) is 10.9. The van der Waals surface area contributed by atoms with E-state index in [0.29, 0.717) is 31.7 Å². The molecule has 0 fully saturated rings.